The Morgan fingerprint density at radius 3 is 2.62 bits per heavy atom. The number of nitrogens with one attached hydrogen (secondary N) is 1. The summed E-state index contributed by atoms with van der Waals surface area (Å²) in [6.45, 7) is 1.47. The molecule has 0 spiro atoms. The lowest BCUT2D eigenvalue weighted by atomic mass is 10.1. The zero-order valence-electron chi connectivity index (χ0n) is 11.5. The second kappa shape index (κ2) is 5.54. The van der Waals surface area contributed by atoms with Crippen LogP contribution in [-0.2, 0) is 19.9 Å². The lowest BCUT2D eigenvalue weighted by Crippen LogP contribution is -2.30. The van der Waals surface area contributed by atoms with E-state index in [1.54, 1.807) is 0 Å². The minimum atomic E-state index is -3.91. The fourth-order valence-electron chi connectivity index (χ4n) is 2.17. The van der Waals surface area contributed by atoms with Crippen molar-refractivity contribution in [1.29, 1.82) is 0 Å². The molecular weight excluding hydrogens is 319 g/mol. The number of sulfone groups is 1. The van der Waals surface area contributed by atoms with Gasteiger partial charge >= 0.3 is 0 Å². The number of benzene rings is 1. The van der Waals surface area contributed by atoms with Crippen LogP contribution in [0.2, 0.25) is 0 Å². The topological polar surface area (TPSA) is 106 Å². The summed E-state index contributed by atoms with van der Waals surface area (Å²) in [5, 5.41) is 0. The normalized spacial score (nSPS) is 21.5. The van der Waals surface area contributed by atoms with Crippen LogP contribution in [-0.4, -0.2) is 34.9 Å². The van der Waals surface area contributed by atoms with E-state index in [1.165, 1.54) is 13.0 Å². The first-order valence-electron chi connectivity index (χ1n) is 6.36. The molecule has 0 radical (unpaired) electrons. The first kappa shape index (κ1) is 16.2. The average Bonchev–Trinajstić information content (AvgIpc) is 2.73. The molecule has 2 rings (SSSR count). The molecule has 1 aliphatic rings. The predicted molar refractivity (Wildman–Crippen MR) is 77.5 cm³/mol. The highest BCUT2D eigenvalue weighted by atomic mass is 32.2. The number of rotatable bonds is 4. The molecule has 0 aromatic heterocycles. The Balaban J connectivity index is 2.12. The number of hydrogen-bond acceptors (Lipinski definition) is 5. The van der Waals surface area contributed by atoms with E-state index in [0.29, 0.717) is 6.42 Å². The largest absolute Gasteiger partial charge is 0.398 e. The summed E-state index contributed by atoms with van der Waals surface area (Å²) >= 11 is 0. The predicted octanol–water partition coefficient (Wildman–Crippen LogP) is 0.429. The van der Waals surface area contributed by atoms with Crippen LogP contribution in [0.1, 0.15) is 12.0 Å². The molecule has 1 aromatic carbocycles. The minimum absolute atomic E-state index is 0.0109. The van der Waals surface area contributed by atoms with E-state index in [1.807, 2.05) is 0 Å². The quantitative estimate of drug-likeness (QED) is 0.776. The van der Waals surface area contributed by atoms with Crippen molar-refractivity contribution in [3.8, 4) is 0 Å². The molecule has 0 amide bonds. The Morgan fingerprint density at radius 2 is 2.10 bits per heavy atom. The van der Waals surface area contributed by atoms with Gasteiger partial charge in [0.1, 0.15) is 5.82 Å². The monoisotopic (exact) mass is 336 g/mol. The number of nitrogen functional groups attached to an aromatic ring is 1. The molecule has 6 nitrogen and oxygen atoms in total. The zero-order valence-corrected chi connectivity index (χ0v) is 13.1. The van der Waals surface area contributed by atoms with Crippen molar-refractivity contribution >= 4 is 25.5 Å². The maximum Gasteiger partial charge on any atom is 0.240 e. The van der Waals surface area contributed by atoms with Crippen molar-refractivity contribution in [1.82, 2.24) is 4.72 Å². The first-order valence-corrected chi connectivity index (χ1v) is 9.67. The Labute approximate surface area is 123 Å². The summed E-state index contributed by atoms with van der Waals surface area (Å²) in [4.78, 5) is -0.260. The van der Waals surface area contributed by atoms with Gasteiger partial charge < -0.3 is 5.73 Å². The summed E-state index contributed by atoms with van der Waals surface area (Å²) < 4.78 is 62.7. The van der Waals surface area contributed by atoms with Crippen molar-refractivity contribution in [2.75, 3.05) is 23.8 Å². The summed E-state index contributed by atoms with van der Waals surface area (Å²) in [5.41, 5.74) is 5.81. The molecule has 9 heteroatoms. The maximum absolute atomic E-state index is 13.6. The van der Waals surface area contributed by atoms with Gasteiger partial charge in [-0.05, 0) is 31.4 Å². The summed E-state index contributed by atoms with van der Waals surface area (Å²) in [6.07, 6.45) is 0.426. The van der Waals surface area contributed by atoms with Gasteiger partial charge in [0.05, 0.1) is 16.4 Å². The summed E-state index contributed by atoms with van der Waals surface area (Å²) in [5.74, 6) is -0.901. The van der Waals surface area contributed by atoms with E-state index in [4.69, 9.17) is 5.73 Å². The van der Waals surface area contributed by atoms with Gasteiger partial charge in [-0.25, -0.2) is 25.9 Å². The van der Waals surface area contributed by atoms with Crippen LogP contribution in [0.25, 0.3) is 0 Å². The van der Waals surface area contributed by atoms with Crippen LogP contribution in [0, 0.1) is 18.7 Å². The molecule has 3 N–H and O–H groups in total. The summed E-state index contributed by atoms with van der Waals surface area (Å²) in [6, 6.07) is 2.09. The van der Waals surface area contributed by atoms with Gasteiger partial charge in [0.2, 0.25) is 10.0 Å². The molecule has 1 aliphatic heterocycles. The smallest absolute Gasteiger partial charge is 0.240 e. The second-order valence-corrected chi connectivity index (χ2v) is 9.24. The highest BCUT2D eigenvalue weighted by Gasteiger charge is 2.29. The number of hydrogen-bond donors (Lipinski definition) is 2. The molecule has 1 unspecified atom stereocenters. The molecule has 118 valence electrons. The van der Waals surface area contributed by atoms with Crippen molar-refractivity contribution in [3.63, 3.8) is 0 Å². The van der Waals surface area contributed by atoms with Gasteiger partial charge in [-0.2, -0.15) is 0 Å². The average molecular weight is 336 g/mol. The van der Waals surface area contributed by atoms with E-state index in [2.05, 4.69) is 4.72 Å². The van der Waals surface area contributed by atoms with E-state index in [-0.39, 0.29) is 40.1 Å². The van der Waals surface area contributed by atoms with E-state index in [9.17, 15) is 21.2 Å². The van der Waals surface area contributed by atoms with Crippen LogP contribution in [0.3, 0.4) is 0 Å². The van der Waals surface area contributed by atoms with E-state index >= 15 is 0 Å². The van der Waals surface area contributed by atoms with Crippen LogP contribution in [0.15, 0.2) is 17.0 Å². The van der Waals surface area contributed by atoms with Crippen molar-refractivity contribution < 1.29 is 21.2 Å². The van der Waals surface area contributed by atoms with Crippen molar-refractivity contribution in [2.24, 2.45) is 5.92 Å². The molecule has 1 heterocycles. The third-order valence-corrected chi connectivity index (χ3v) is 6.80. The Morgan fingerprint density at radius 1 is 1.43 bits per heavy atom. The molecular formula is C12H17FN2O4S2. The van der Waals surface area contributed by atoms with Crippen LogP contribution in [0.4, 0.5) is 10.1 Å². The Kier molecular flexibility index (Phi) is 4.27. The van der Waals surface area contributed by atoms with Gasteiger partial charge in [-0.1, -0.05) is 0 Å². The highest BCUT2D eigenvalue weighted by Crippen LogP contribution is 2.22. The Bertz CT molecular complexity index is 736. The van der Waals surface area contributed by atoms with Crippen molar-refractivity contribution in [2.45, 2.75) is 18.2 Å². The fourth-order valence-corrected chi connectivity index (χ4v) is 5.20. The number of anilines is 1. The minimum Gasteiger partial charge on any atom is -0.398 e. The van der Waals surface area contributed by atoms with E-state index < -0.39 is 25.7 Å². The molecule has 1 atom stereocenters. The van der Waals surface area contributed by atoms with E-state index in [0.717, 1.165) is 6.07 Å². The molecule has 1 fully saturated rings. The van der Waals surface area contributed by atoms with Crippen LogP contribution < -0.4 is 10.5 Å². The maximum atomic E-state index is 13.6. The number of sulfonamides is 1. The standard InChI is InChI=1S/C12H17FN2O4S2/c1-8-11(13)4-10(5-12(8)14)21(18,19)15-6-9-2-3-20(16,17)7-9/h4-5,9,15H,2-3,6-7,14H2,1H3. The molecule has 1 aromatic rings. The molecule has 0 bridgehead atoms. The SMILES string of the molecule is Cc1c(N)cc(S(=O)(=O)NCC2CCS(=O)(=O)C2)cc1F. The first-order chi connectivity index (χ1) is 9.61. The van der Waals surface area contributed by atoms with Crippen LogP contribution >= 0.6 is 0 Å². The molecule has 1 saturated heterocycles. The third-order valence-electron chi connectivity index (χ3n) is 3.56. The van der Waals surface area contributed by atoms with Gasteiger partial charge in [0.25, 0.3) is 0 Å². The highest BCUT2D eigenvalue weighted by molar-refractivity contribution is 7.91. The van der Waals surface area contributed by atoms with Gasteiger partial charge in [-0.3, -0.25) is 0 Å². The Hall–Kier alpha value is -1.19. The zero-order chi connectivity index (χ0) is 15.8. The number of halogens is 1. The fraction of sp³-hybridized carbons (Fsp3) is 0.500. The third kappa shape index (κ3) is 3.72. The lowest BCUT2D eigenvalue weighted by molar-refractivity contribution is 0.542. The summed E-state index contributed by atoms with van der Waals surface area (Å²) in [7, 11) is -6.97. The van der Waals surface area contributed by atoms with Gasteiger partial charge in [0, 0.05) is 17.8 Å². The lowest BCUT2D eigenvalue weighted by Gasteiger charge is -2.12. The second-order valence-electron chi connectivity index (χ2n) is 5.24. The van der Waals surface area contributed by atoms with Gasteiger partial charge in [0.15, 0.2) is 9.84 Å². The van der Waals surface area contributed by atoms with Crippen molar-refractivity contribution in [3.05, 3.63) is 23.5 Å². The molecule has 0 aliphatic carbocycles. The molecule has 0 saturated carbocycles. The molecule has 21 heavy (non-hydrogen) atoms. The van der Waals surface area contributed by atoms with Gasteiger partial charge in [-0.15, -0.1) is 0 Å². The number of nitrogens with two attached hydrogens (primary N) is 1. The van der Waals surface area contributed by atoms with Crippen LogP contribution in [0.5, 0.6) is 0 Å².